The van der Waals surface area contributed by atoms with Crippen LogP contribution in [-0.2, 0) is 9.53 Å². The Balaban J connectivity index is 0.992. The van der Waals surface area contributed by atoms with E-state index in [1.54, 1.807) is 6.20 Å². The number of rotatable bonds is 4. The molecule has 1 atom stereocenters. The van der Waals surface area contributed by atoms with Gasteiger partial charge in [0.25, 0.3) is 5.91 Å². The third-order valence-electron chi connectivity index (χ3n) is 8.72. The van der Waals surface area contributed by atoms with Gasteiger partial charge in [-0.1, -0.05) is 0 Å². The van der Waals surface area contributed by atoms with Crippen molar-refractivity contribution in [1.29, 1.82) is 0 Å². The monoisotopic (exact) mass is 424 g/mol. The van der Waals surface area contributed by atoms with Crippen molar-refractivity contribution in [3.05, 3.63) is 24.3 Å². The first kappa shape index (κ1) is 19.6. The van der Waals surface area contributed by atoms with Gasteiger partial charge in [0.05, 0.1) is 31.3 Å². The Labute approximate surface area is 183 Å². The van der Waals surface area contributed by atoms with Crippen LogP contribution in [0.5, 0.6) is 0 Å². The fourth-order valence-corrected chi connectivity index (χ4v) is 7.57. The number of carbonyl (C=O) groups excluding carboxylic acids is 2. The molecule has 7 rings (SSSR count). The molecule has 6 fully saturated rings. The Bertz CT molecular complexity index is 822. The molecule has 4 bridgehead atoms. The summed E-state index contributed by atoms with van der Waals surface area (Å²) in [7, 11) is 0. The molecule has 2 saturated heterocycles. The average Bonchev–Trinajstić information content (AvgIpc) is 2.75. The summed E-state index contributed by atoms with van der Waals surface area (Å²) >= 11 is 0. The topological polar surface area (TPSA) is 84.4 Å². The van der Waals surface area contributed by atoms with Gasteiger partial charge in [0.1, 0.15) is 11.3 Å². The standard InChI is InChI=1S/C24H32N4O3/c29-21(20-12-25-3-4-26-20)27-11-16-1-2-24(31-13-16)14-28(15-24)22(30)23-8-17-5-18(9-23)7-19(6-17)10-23/h3-4,12,16-19H,1-2,5-11,13-15H2,(H,27,29)/t16-,17?,18?,19?,23?/m0/s1. The molecular formula is C24H32N4O3. The van der Waals surface area contributed by atoms with Crippen LogP contribution in [0.1, 0.15) is 61.9 Å². The summed E-state index contributed by atoms with van der Waals surface area (Å²) < 4.78 is 6.28. The van der Waals surface area contributed by atoms with Crippen molar-refractivity contribution in [2.24, 2.45) is 29.1 Å². The molecule has 1 spiro atoms. The maximum absolute atomic E-state index is 13.5. The smallest absolute Gasteiger partial charge is 0.271 e. The van der Waals surface area contributed by atoms with Crippen LogP contribution in [0.25, 0.3) is 0 Å². The van der Waals surface area contributed by atoms with Crippen molar-refractivity contribution in [3.8, 4) is 0 Å². The van der Waals surface area contributed by atoms with Gasteiger partial charge in [0, 0.05) is 18.9 Å². The second-order valence-electron chi connectivity index (χ2n) is 11.1. The Morgan fingerprint density at radius 2 is 1.81 bits per heavy atom. The third-order valence-corrected chi connectivity index (χ3v) is 8.72. The zero-order chi connectivity index (χ0) is 21.1. The van der Waals surface area contributed by atoms with Crippen LogP contribution < -0.4 is 5.32 Å². The molecule has 1 N–H and O–H groups in total. The predicted molar refractivity (Wildman–Crippen MR) is 113 cm³/mol. The summed E-state index contributed by atoms with van der Waals surface area (Å²) in [6.45, 7) is 2.74. The van der Waals surface area contributed by atoms with Crippen molar-refractivity contribution < 1.29 is 14.3 Å². The van der Waals surface area contributed by atoms with Crippen LogP contribution in [0.3, 0.4) is 0 Å². The minimum absolute atomic E-state index is 0.0435. The highest BCUT2D eigenvalue weighted by Crippen LogP contribution is 2.61. The molecule has 3 heterocycles. The van der Waals surface area contributed by atoms with Gasteiger partial charge in [0.2, 0.25) is 5.91 Å². The highest BCUT2D eigenvalue weighted by molar-refractivity contribution is 5.91. The molecule has 7 heteroatoms. The van der Waals surface area contributed by atoms with Crippen molar-refractivity contribution >= 4 is 11.8 Å². The molecule has 0 aromatic carbocycles. The number of nitrogens with zero attached hydrogens (tertiary/aromatic N) is 3. The first-order valence-electron chi connectivity index (χ1n) is 12.0. The lowest BCUT2D eigenvalue weighted by atomic mass is 9.49. The molecule has 4 aliphatic carbocycles. The summed E-state index contributed by atoms with van der Waals surface area (Å²) in [6, 6.07) is 0. The van der Waals surface area contributed by atoms with Crippen molar-refractivity contribution in [2.45, 2.75) is 57.0 Å². The second-order valence-corrected chi connectivity index (χ2v) is 11.1. The van der Waals surface area contributed by atoms with E-state index in [4.69, 9.17) is 4.74 Å². The molecule has 6 aliphatic rings. The number of nitrogens with one attached hydrogen (secondary N) is 1. The molecular weight excluding hydrogens is 392 g/mol. The number of hydrogen-bond donors (Lipinski definition) is 1. The molecule has 1 aromatic heterocycles. The van der Waals surface area contributed by atoms with Crippen molar-refractivity contribution in [1.82, 2.24) is 20.2 Å². The number of amides is 2. The molecule has 2 aliphatic heterocycles. The Kier molecular flexibility index (Phi) is 4.60. The van der Waals surface area contributed by atoms with Crippen LogP contribution in [-0.4, -0.2) is 58.5 Å². The number of aromatic nitrogens is 2. The fraction of sp³-hybridized carbons (Fsp3) is 0.750. The van der Waals surface area contributed by atoms with E-state index in [1.165, 1.54) is 31.7 Å². The lowest BCUT2D eigenvalue weighted by Gasteiger charge is -2.60. The largest absolute Gasteiger partial charge is 0.371 e. The lowest BCUT2D eigenvalue weighted by Crippen LogP contribution is -2.69. The summed E-state index contributed by atoms with van der Waals surface area (Å²) in [5, 5.41) is 2.95. The van der Waals surface area contributed by atoms with Crippen molar-refractivity contribution in [2.75, 3.05) is 26.2 Å². The van der Waals surface area contributed by atoms with Crippen LogP contribution >= 0.6 is 0 Å². The second kappa shape index (κ2) is 7.26. The molecule has 166 valence electrons. The Hall–Kier alpha value is -2.02. The van der Waals surface area contributed by atoms with E-state index in [9.17, 15) is 9.59 Å². The van der Waals surface area contributed by atoms with E-state index < -0.39 is 0 Å². The molecule has 1 aromatic rings. The summed E-state index contributed by atoms with van der Waals surface area (Å²) in [4.78, 5) is 35.7. The quantitative estimate of drug-likeness (QED) is 0.803. The summed E-state index contributed by atoms with van der Waals surface area (Å²) in [5.41, 5.74) is 0.148. The van der Waals surface area contributed by atoms with Gasteiger partial charge in [-0.05, 0) is 75.0 Å². The van der Waals surface area contributed by atoms with E-state index in [0.717, 1.165) is 62.9 Å². The van der Waals surface area contributed by atoms with Gasteiger partial charge < -0.3 is 15.0 Å². The van der Waals surface area contributed by atoms with Crippen LogP contribution in [0.4, 0.5) is 0 Å². The zero-order valence-electron chi connectivity index (χ0n) is 18.1. The van der Waals surface area contributed by atoms with Gasteiger partial charge in [0.15, 0.2) is 0 Å². The maximum atomic E-state index is 13.5. The van der Waals surface area contributed by atoms with E-state index in [1.807, 2.05) is 0 Å². The van der Waals surface area contributed by atoms with Crippen molar-refractivity contribution in [3.63, 3.8) is 0 Å². The summed E-state index contributed by atoms with van der Waals surface area (Å²) in [5.74, 6) is 2.94. The van der Waals surface area contributed by atoms with Gasteiger partial charge >= 0.3 is 0 Å². The predicted octanol–water partition coefficient (Wildman–Crippen LogP) is 2.43. The van der Waals surface area contributed by atoms with Crippen LogP contribution in [0, 0.1) is 29.1 Å². The van der Waals surface area contributed by atoms with Gasteiger partial charge in [-0.3, -0.25) is 14.6 Å². The average molecular weight is 425 g/mol. The molecule has 7 nitrogen and oxygen atoms in total. The highest BCUT2D eigenvalue weighted by atomic mass is 16.5. The lowest BCUT2D eigenvalue weighted by molar-refractivity contribution is -0.202. The van der Waals surface area contributed by atoms with Gasteiger partial charge in [-0.25, -0.2) is 4.98 Å². The minimum Gasteiger partial charge on any atom is -0.371 e. The van der Waals surface area contributed by atoms with Gasteiger partial charge in [-0.15, -0.1) is 0 Å². The van der Waals surface area contributed by atoms with Crippen LogP contribution in [0.15, 0.2) is 18.6 Å². The molecule has 2 amide bonds. The summed E-state index contributed by atoms with van der Waals surface area (Å²) in [6.07, 6.45) is 14.0. The van der Waals surface area contributed by atoms with Gasteiger partial charge in [-0.2, -0.15) is 0 Å². The maximum Gasteiger partial charge on any atom is 0.271 e. The molecule has 0 unspecified atom stereocenters. The van der Waals surface area contributed by atoms with E-state index in [-0.39, 0.29) is 16.9 Å². The zero-order valence-corrected chi connectivity index (χ0v) is 18.1. The highest BCUT2D eigenvalue weighted by Gasteiger charge is 2.58. The number of hydrogen-bond acceptors (Lipinski definition) is 5. The molecule has 31 heavy (non-hydrogen) atoms. The minimum atomic E-state index is -0.190. The van der Waals surface area contributed by atoms with E-state index >= 15 is 0 Å². The van der Waals surface area contributed by atoms with E-state index in [0.29, 0.717) is 30.7 Å². The first-order chi connectivity index (χ1) is 15.0. The van der Waals surface area contributed by atoms with E-state index in [2.05, 4.69) is 20.2 Å². The normalized spacial score (nSPS) is 37.5. The fourth-order valence-electron chi connectivity index (χ4n) is 7.57. The third kappa shape index (κ3) is 3.45. The number of carbonyl (C=O) groups is 2. The number of likely N-dealkylation sites (tertiary alicyclic amines) is 1. The Morgan fingerprint density at radius 3 is 2.39 bits per heavy atom. The number of ether oxygens (including phenoxy) is 1. The van der Waals surface area contributed by atoms with Crippen LogP contribution in [0.2, 0.25) is 0 Å². The Morgan fingerprint density at radius 1 is 1.10 bits per heavy atom. The molecule has 4 saturated carbocycles. The molecule has 0 radical (unpaired) electrons. The first-order valence-corrected chi connectivity index (χ1v) is 12.0. The SMILES string of the molecule is O=C(NC[C@@H]1CCC2(CN(C(=O)C34CC5CC(CC(C5)C3)C4)C2)OC1)c1cnccn1.